The minimum Gasteiger partial charge on any atom is -0.325 e. The highest BCUT2D eigenvalue weighted by Crippen LogP contribution is 2.31. The van der Waals surface area contributed by atoms with Crippen molar-refractivity contribution in [2.75, 3.05) is 11.9 Å². The molecule has 6 heteroatoms. The molecule has 3 aromatic carbocycles. The number of nitrogens with one attached hydrogen (secondary N) is 1. The summed E-state index contributed by atoms with van der Waals surface area (Å²) in [6, 6.07) is 20.4. The number of amides is 3. The molecule has 0 atom stereocenters. The van der Waals surface area contributed by atoms with Crippen molar-refractivity contribution in [2.24, 2.45) is 0 Å². The van der Waals surface area contributed by atoms with Crippen LogP contribution < -0.4 is 5.32 Å². The zero-order valence-corrected chi connectivity index (χ0v) is 17.5. The van der Waals surface area contributed by atoms with E-state index in [1.165, 1.54) is 16.0 Å². The summed E-state index contributed by atoms with van der Waals surface area (Å²) in [5.41, 5.74) is 3.71. The fraction of sp³-hybridized carbons (Fsp3) is 0.125. The summed E-state index contributed by atoms with van der Waals surface area (Å²) in [4.78, 5) is 40.4. The Morgan fingerprint density at radius 1 is 0.900 bits per heavy atom. The second-order valence-electron chi connectivity index (χ2n) is 7.19. The van der Waals surface area contributed by atoms with Crippen LogP contribution in [0.3, 0.4) is 0 Å². The Morgan fingerprint density at radius 3 is 2.17 bits per heavy atom. The fourth-order valence-electron chi connectivity index (χ4n) is 3.28. The van der Waals surface area contributed by atoms with Crippen molar-refractivity contribution in [3.8, 4) is 0 Å². The normalized spacial score (nSPS) is 12.8. The third kappa shape index (κ3) is 4.00. The van der Waals surface area contributed by atoms with Crippen LogP contribution in [-0.4, -0.2) is 29.2 Å². The summed E-state index contributed by atoms with van der Waals surface area (Å²) >= 11 is 1.67. The SMILES string of the molecule is Cc1ccc(C)c(Sc2ccc(NC(=O)CN3C(=O)c4ccccc4C3=O)cc2)c1. The predicted molar refractivity (Wildman–Crippen MR) is 117 cm³/mol. The lowest BCUT2D eigenvalue weighted by Crippen LogP contribution is -2.37. The molecule has 0 aliphatic carbocycles. The number of nitrogens with zero attached hydrogens (tertiary/aromatic N) is 1. The van der Waals surface area contributed by atoms with Crippen molar-refractivity contribution in [1.29, 1.82) is 0 Å². The molecular weight excluding hydrogens is 396 g/mol. The predicted octanol–water partition coefficient (Wildman–Crippen LogP) is 4.69. The van der Waals surface area contributed by atoms with Crippen LogP contribution in [0.2, 0.25) is 0 Å². The minimum absolute atomic E-state index is 0.314. The number of rotatable bonds is 5. The van der Waals surface area contributed by atoms with E-state index in [9.17, 15) is 14.4 Å². The van der Waals surface area contributed by atoms with Gasteiger partial charge in [-0.1, -0.05) is 36.0 Å². The molecule has 1 aliphatic rings. The average Bonchev–Trinajstić information content (AvgIpc) is 2.97. The summed E-state index contributed by atoms with van der Waals surface area (Å²) in [5.74, 6) is -1.29. The van der Waals surface area contributed by atoms with E-state index in [1.54, 1.807) is 36.0 Å². The second-order valence-corrected chi connectivity index (χ2v) is 8.30. The van der Waals surface area contributed by atoms with Gasteiger partial charge in [0.25, 0.3) is 11.8 Å². The van der Waals surface area contributed by atoms with Crippen LogP contribution in [0, 0.1) is 13.8 Å². The number of benzene rings is 3. The molecule has 0 aromatic heterocycles. The zero-order chi connectivity index (χ0) is 21.3. The Balaban J connectivity index is 1.39. The minimum atomic E-state index is -0.439. The molecule has 1 aliphatic heterocycles. The Morgan fingerprint density at radius 2 is 1.53 bits per heavy atom. The van der Waals surface area contributed by atoms with Crippen molar-refractivity contribution in [3.05, 3.63) is 89.0 Å². The monoisotopic (exact) mass is 416 g/mol. The average molecular weight is 417 g/mol. The molecule has 3 amide bonds. The van der Waals surface area contributed by atoms with Crippen LogP contribution in [0.25, 0.3) is 0 Å². The number of imide groups is 1. The van der Waals surface area contributed by atoms with E-state index >= 15 is 0 Å². The second kappa shape index (κ2) is 8.16. The van der Waals surface area contributed by atoms with E-state index in [2.05, 4.69) is 37.4 Å². The molecule has 1 heterocycles. The Kier molecular flexibility index (Phi) is 5.42. The number of anilines is 1. The van der Waals surface area contributed by atoms with Gasteiger partial charge in [-0.2, -0.15) is 0 Å². The first kappa shape index (κ1) is 19.9. The largest absolute Gasteiger partial charge is 0.325 e. The molecule has 3 aromatic rings. The van der Waals surface area contributed by atoms with Gasteiger partial charge in [0.15, 0.2) is 0 Å². The van der Waals surface area contributed by atoms with Gasteiger partial charge in [0.1, 0.15) is 6.54 Å². The Labute approximate surface area is 179 Å². The van der Waals surface area contributed by atoms with E-state index in [1.807, 2.05) is 24.3 Å². The van der Waals surface area contributed by atoms with Gasteiger partial charge >= 0.3 is 0 Å². The van der Waals surface area contributed by atoms with E-state index in [0.29, 0.717) is 16.8 Å². The van der Waals surface area contributed by atoms with Crippen LogP contribution in [0.1, 0.15) is 31.8 Å². The van der Waals surface area contributed by atoms with Crippen molar-refractivity contribution in [3.63, 3.8) is 0 Å². The third-order valence-electron chi connectivity index (χ3n) is 4.89. The highest BCUT2D eigenvalue weighted by molar-refractivity contribution is 7.99. The number of carbonyl (C=O) groups excluding carboxylic acids is 3. The first-order chi connectivity index (χ1) is 14.4. The van der Waals surface area contributed by atoms with Gasteiger partial charge in [-0.05, 0) is 67.4 Å². The van der Waals surface area contributed by atoms with Gasteiger partial charge in [0.05, 0.1) is 11.1 Å². The molecular formula is C24H20N2O3S. The molecule has 30 heavy (non-hydrogen) atoms. The lowest BCUT2D eigenvalue weighted by atomic mass is 10.1. The molecule has 0 radical (unpaired) electrons. The van der Waals surface area contributed by atoms with Crippen LogP contribution in [0.4, 0.5) is 5.69 Å². The molecule has 0 unspecified atom stereocenters. The van der Waals surface area contributed by atoms with Crippen LogP contribution >= 0.6 is 11.8 Å². The Bertz CT molecular complexity index is 1120. The smallest absolute Gasteiger partial charge is 0.262 e. The van der Waals surface area contributed by atoms with Crippen molar-refractivity contribution in [2.45, 2.75) is 23.6 Å². The van der Waals surface area contributed by atoms with E-state index in [-0.39, 0.29) is 6.54 Å². The van der Waals surface area contributed by atoms with Gasteiger partial charge < -0.3 is 5.32 Å². The van der Waals surface area contributed by atoms with Crippen LogP contribution in [0.15, 0.2) is 76.5 Å². The fourth-order valence-corrected chi connectivity index (χ4v) is 4.28. The maximum absolute atomic E-state index is 12.4. The summed E-state index contributed by atoms with van der Waals surface area (Å²) in [5, 5.41) is 2.75. The van der Waals surface area contributed by atoms with Gasteiger partial charge in [-0.3, -0.25) is 19.3 Å². The standard InChI is InChI=1S/C24H20N2O3S/c1-15-7-8-16(2)21(13-15)30-18-11-9-17(10-12-18)25-22(27)14-26-23(28)19-5-3-4-6-20(19)24(26)29/h3-13H,14H2,1-2H3,(H,25,27). The van der Waals surface area contributed by atoms with Gasteiger partial charge in [-0.25, -0.2) is 0 Å². The molecule has 0 spiro atoms. The quantitative estimate of drug-likeness (QED) is 0.613. The Hall–Kier alpha value is -3.38. The first-order valence-electron chi connectivity index (χ1n) is 9.52. The molecule has 1 N–H and O–H groups in total. The van der Waals surface area contributed by atoms with E-state index in [4.69, 9.17) is 0 Å². The third-order valence-corrected chi connectivity index (χ3v) is 6.06. The summed E-state index contributed by atoms with van der Waals surface area (Å²) in [7, 11) is 0. The lowest BCUT2D eigenvalue weighted by Gasteiger charge is -2.14. The number of hydrogen-bond acceptors (Lipinski definition) is 4. The molecule has 0 bridgehead atoms. The zero-order valence-electron chi connectivity index (χ0n) is 16.6. The maximum atomic E-state index is 12.4. The van der Waals surface area contributed by atoms with Gasteiger partial charge in [-0.15, -0.1) is 0 Å². The number of carbonyl (C=O) groups is 3. The van der Waals surface area contributed by atoms with Gasteiger partial charge in [0.2, 0.25) is 5.91 Å². The molecule has 5 nitrogen and oxygen atoms in total. The van der Waals surface area contributed by atoms with Crippen LogP contribution in [-0.2, 0) is 4.79 Å². The number of aryl methyl sites for hydroxylation is 2. The summed E-state index contributed by atoms with van der Waals surface area (Å²) < 4.78 is 0. The topological polar surface area (TPSA) is 66.5 Å². The number of fused-ring (bicyclic) bond motifs is 1. The summed E-state index contributed by atoms with van der Waals surface area (Å²) in [6.45, 7) is 3.83. The molecule has 0 fully saturated rings. The van der Waals surface area contributed by atoms with Crippen molar-refractivity contribution < 1.29 is 14.4 Å². The highest BCUT2D eigenvalue weighted by atomic mass is 32.2. The maximum Gasteiger partial charge on any atom is 0.262 e. The first-order valence-corrected chi connectivity index (χ1v) is 10.3. The molecule has 0 saturated carbocycles. The van der Waals surface area contributed by atoms with Gasteiger partial charge in [0, 0.05) is 15.5 Å². The van der Waals surface area contributed by atoms with Crippen molar-refractivity contribution >= 4 is 35.2 Å². The lowest BCUT2D eigenvalue weighted by molar-refractivity contribution is -0.116. The molecule has 4 rings (SSSR count). The van der Waals surface area contributed by atoms with E-state index in [0.717, 1.165) is 9.80 Å². The number of hydrogen-bond donors (Lipinski definition) is 1. The molecule has 150 valence electrons. The van der Waals surface area contributed by atoms with E-state index < -0.39 is 17.7 Å². The summed E-state index contributed by atoms with van der Waals surface area (Å²) in [6.07, 6.45) is 0. The van der Waals surface area contributed by atoms with Crippen LogP contribution in [0.5, 0.6) is 0 Å². The van der Waals surface area contributed by atoms with Crippen molar-refractivity contribution in [1.82, 2.24) is 4.90 Å². The molecule has 0 saturated heterocycles. The highest BCUT2D eigenvalue weighted by Gasteiger charge is 2.36.